The van der Waals surface area contributed by atoms with Crippen molar-refractivity contribution in [1.82, 2.24) is 15.1 Å². The quantitative estimate of drug-likeness (QED) is 0.727. The van der Waals surface area contributed by atoms with E-state index in [1.807, 2.05) is 0 Å². The Bertz CT molecular complexity index is 202. The largest absolute Gasteiger partial charge is 0.313 e. The van der Waals surface area contributed by atoms with Crippen LogP contribution >= 0.6 is 0 Å². The van der Waals surface area contributed by atoms with Gasteiger partial charge in [-0.05, 0) is 71.4 Å². The third-order valence-corrected chi connectivity index (χ3v) is 4.10. The van der Waals surface area contributed by atoms with E-state index in [0.717, 1.165) is 6.04 Å². The van der Waals surface area contributed by atoms with Gasteiger partial charge in [0.1, 0.15) is 0 Å². The Morgan fingerprint density at radius 2 is 1.82 bits per heavy atom. The molecule has 17 heavy (non-hydrogen) atoms. The Balaban J connectivity index is 1.51. The molecule has 0 aromatic heterocycles. The molecule has 0 aromatic carbocycles. The molecule has 1 unspecified atom stereocenters. The molecule has 0 saturated carbocycles. The van der Waals surface area contributed by atoms with Gasteiger partial charge in [0.25, 0.3) is 0 Å². The van der Waals surface area contributed by atoms with Crippen LogP contribution in [0.4, 0.5) is 0 Å². The lowest BCUT2D eigenvalue weighted by molar-refractivity contribution is 0.276. The zero-order valence-corrected chi connectivity index (χ0v) is 11.5. The highest BCUT2D eigenvalue weighted by Gasteiger charge is 2.21. The summed E-state index contributed by atoms with van der Waals surface area (Å²) in [4.78, 5) is 5.27. The topological polar surface area (TPSA) is 18.5 Å². The first kappa shape index (κ1) is 13.3. The first-order valence-electron chi connectivity index (χ1n) is 7.56. The number of hydrogen-bond donors (Lipinski definition) is 1. The van der Waals surface area contributed by atoms with Crippen molar-refractivity contribution < 1.29 is 0 Å². The molecule has 2 fully saturated rings. The zero-order valence-electron chi connectivity index (χ0n) is 11.5. The van der Waals surface area contributed by atoms with Crippen molar-refractivity contribution >= 4 is 0 Å². The first-order valence-corrected chi connectivity index (χ1v) is 7.56. The fourth-order valence-electron chi connectivity index (χ4n) is 3.07. The van der Waals surface area contributed by atoms with Crippen LogP contribution in [0.25, 0.3) is 0 Å². The molecule has 2 aliphatic rings. The van der Waals surface area contributed by atoms with Crippen LogP contribution in [-0.2, 0) is 0 Å². The Morgan fingerprint density at radius 3 is 2.59 bits per heavy atom. The lowest BCUT2D eigenvalue weighted by atomic mass is 10.2. The van der Waals surface area contributed by atoms with E-state index in [-0.39, 0.29) is 0 Å². The van der Waals surface area contributed by atoms with Crippen LogP contribution in [0.2, 0.25) is 0 Å². The van der Waals surface area contributed by atoms with Gasteiger partial charge in [-0.3, -0.25) is 0 Å². The Hall–Kier alpha value is -0.120. The molecule has 0 aromatic rings. The Labute approximate surface area is 107 Å². The van der Waals surface area contributed by atoms with Gasteiger partial charge >= 0.3 is 0 Å². The van der Waals surface area contributed by atoms with Gasteiger partial charge in [-0.15, -0.1) is 0 Å². The summed E-state index contributed by atoms with van der Waals surface area (Å²) in [7, 11) is 0. The van der Waals surface area contributed by atoms with E-state index in [2.05, 4.69) is 22.0 Å². The first-order chi connectivity index (χ1) is 8.38. The molecule has 2 heterocycles. The molecule has 0 amide bonds. The van der Waals surface area contributed by atoms with Crippen molar-refractivity contribution in [2.45, 2.75) is 45.1 Å². The van der Waals surface area contributed by atoms with Gasteiger partial charge in [-0.2, -0.15) is 0 Å². The van der Waals surface area contributed by atoms with E-state index in [4.69, 9.17) is 0 Å². The summed E-state index contributed by atoms with van der Waals surface area (Å²) in [6, 6.07) is 0.765. The van der Waals surface area contributed by atoms with E-state index in [1.54, 1.807) is 0 Å². The molecule has 0 bridgehead atoms. The molecule has 0 spiro atoms. The molecule has 100 valence electrons. The Morgan fingerprint density at radius 1 is 1.06 bits per heavy atom. The van der Waals surface area contributed by atoms with Crippen LogP contribution in [0.15, 0.2) is 0 Å². The van der Waals surface area contributed by atoms with Gasteiger partial charge in [0, 0.05) is 12.6 Å². The van der Waals surface area contributed by atoms with Gasteiger partial charge in [0.15, 0.2) is 0 Å². The molecule has 0 radical (unpaired) electrons. The number of rotatable bonds is 7. The van der Waals surface area contributed by atoms with E-state index in [1.165, 1.54) is 77.9 Å². The molecule has 3 nitrogen and oxygen atoms in total. The molecule has 2 saturated heterocycles. The van der Waals surface area contributed by atoms with Crippen LogP contribution in [0.1, 0.15) is 39.0 Å². The fraction of sp³-hybridized carbons (Fsp3) is 1.00. The molecule has 2 rings (SSSR count). The second-order valence-corrected chi connectivity index (χ2v) is 5.64. The van der Waals surface area contributed by atoms with Crippen molar-refractivity contribution in [2.24, 2.45) is 0 Å². The molecule has 2 aliphatic heterocycles. The summed E-state index contributed by atoms with van der Waals surface area (Å²) in [5.41, 5.74) is 0. The number of hydrogen-bond acceptors (Lipinski definition) is 3. The summed E-state index contributed by atoms with van der Waals surface area (Å²) in [6.45, 7) is 11.3. The van der Waals surface area contributed by atoms with Gasteiger partial charge in [-0.1, -0.05) is 6.92 Å². The third kappa shape index (κ3) is 4.57. The van der Waals surface area contributed by atoms with Crippen LogP contribution in [-0.4, -0.2) is 61.7 Å². The van der Waals surface area contributed by atoms with Crippen molar-refractivity contribution in [1.29, 1.82) is 0 Å². The second-order valence-electron chi connectivity index (χ2n) is 5.64. The van der Waals surface area contributed by atoms with Gasteiger partial charge in [0.2, 0.25) is 0 Å². The van der Waals surface area contributed by atoms with E-state index >= 15 is 0 Å². The summed E-state index contributed by atoms with van der Waals surface area (Å²) >= 11 is 0. The molecular weight excluding hydrogens is 210 g/mol. The van der Waals surface area contributed by atoms with E-state index in [9.17, 15) is 0 Å². The van der Waals surface area contributed by atoms with Crippen molar-refractivity contribution in [3.8, 4) is 0 Å². The van der Waals surface area contributed by atoms with E-state index in [0.29, 0.717) is 0 Å². The minimum absolute atomic E-state index is 0.765. The van der Waals surface area contributed by atoms with Crippen molar-refractivity contribution in [3.05, 3.63) is 0 Å². The normalized spacial score (nSPS) is 27.0. The summed E-state index contributed by atoms with van der Waals surface area (Å²) in [5, 5.41) is 3.64. The van der Waals surface area contributed by atoms with E-state index < -0.39 is 0 Å². The second kappa shape index (κ2) is 7.34. The zero-order chi connectivity index (χ0) is 11.9. The maximum absolute atomic E-state index is 3.64. The van der Waals surface area contributed by atoms with Crippen molar-refractivity contribution in [3.63, 3.8) is 0 Å². The SMILES string of the molecule is CCCNC1CCN(CCCN2CCCC2)C1. The van der Waals surface area contributed by atoms with Crippen LogP contribution in [0.5, 0.6) is 0 Å². The highest BCUT2D eigenvalue weighted by atomic mass is 15.2. The average Bonchev–Trinajstić information content (AvgIpc) is 2.98. The standard InChI is InChI=1S/C14H29N3/c1-2-7-15-14-6-12-17(13-14)11-5-10-16-8-3-4-9-16/h14-15H,2-13H2,1H3. The van der Waals surface area contributed by atoms with Crippen LogP contribution in [0.3, 0.4) is 0 Å². The number of nitrogens with zero attached hydrogens (tertiary/aromatic N) is 2. The monoisotopic (exact) mass is 239 g/mol. The van der Waals surface area contributed by atoms with Gasteiger partial charge in [0.05, 0.1) is 0 Å². The van der Waals surface area contributed by atoms with Crippen molar-refractivity contribution in [2.75, 3.05) is 45.8 Å². The maximum Gasteiger partial charge on any atom is 0.0207 e. The predicted octanol–water partition coefficient (Wildman–Crippen LogP) is 1.55. The highest BCUT2D eigenvalue weighted by Crippen LogP contribution is 2.11. The minimum atomic E-state index is 0.765. The summed E-state index contributed by atoms with van der Waals surface area (Å²) < 4.78 is 0. The summed E-state index contributed by atoms with van der Waals surface area (Å²) in [6.07, 6.45) is 6.81. The highest BCUT2D eigenvalue weighted by molar-refractivity contribution is 4.81. The van der Waals surface area contributed by atoms with Gasteiger partial charge in [-0.25, -0.2) is 0 Å². The smallest absolute Gasteiger partial charge is 0.0207 e. The third-order valence-electron chi connectivity index (χ3n) is 4.10. The molecular formula is C14H29N3. The molecule has 1 atom stereocenters. The summed E-state index contributed by atoms with van der Waals surface area (Å²) in [5.74, 6) is 0. The minimum Gasteiger partial charge on any atom is -0.313 e. The molecule has 3 heteroatoms. The molecule has 1 N–H and O–H groups in total. The number of likely N-dealkylation sites (tertiary alicyclic amines) is 2. The van der Waals surface area contributed by atoms with Crippen LogP contribution in [0, 0.1) is 0 Å². The van der Waals surface area contributed by atoms with Crippen LogP contribution < -0.4 is 5.32 Å². The lowest BCUT2D eigenvalue weighted by Gasteiger charge is -2.19. The lowest BCUT2D eigenvalue weighted by Crippen LogP contribution is -2.34. The number of nitrogens with one attached hydrogen (secondary N) is 1. The average molecular weight is 239 g/mol. The predicted molar refractivity (Wildman–Crippen MR) is 73.4 cm³/mol. The fourth-order valence-corrected chi connectivity index (χ4v) is 3.07. The molecule has 0 aliphatic carbocycles. The van der Waals surface area contributed by atoms with Gasteiger partial charge < -0.3 is 15.1 Å². The maximum atomic E-state index is 3.64. The Kier molecular flexibility index (Phi) is 5.75.